The van der Waals surface area contributed by atoms with Crippen molar-refractivity contribution in [2.45, 2.75) is 26.3 Å². The van der Waals surface area contributed by atoms with Gasteiger partial charge in [-0.3, -0.25) is 4.79 Å². The van der Waals surface area contributed by atoms with E-state index in [4.69, 9.17) is 0 Å². The van der Waals surface area contributed by atoms with Crippen molar-refractivity contribution >= 4 is 12.0 Å². The molecule has 104 valence electrons. The SMILES string of the molecule is C=Cc1cc(OC(F)(F)F)cc(C(=O)NC(C)C)c1. The minimum Gasteiger partial charge on any atom is -0.406 e. The number of hydrogen-bond donors (Lipinski definition) is 1. The van der Waals surface area contributed by atoms with Crippen LogP contribution in [0.1, 0.15) is 29.8 Å². The lowest BCUT2D eigenvalue weighted by molar-refractivity contribution is -0.274. The number of rotatable bonds is 4. The predicted molar refractivity (Wildman–Crippen MR) is 65.8 cm³/mol. The third-order valence-electron chi connectivity index (χ3n) is 2.08. The Morgan fingerprint density at radius 3 is 2.47 bits per heavy atom. The molecule has 1 amide bonds. The second-order valence-corrected chi connectivity index (χ2v) is 4.17. The van der Waals surface area contributed by atoms with E-state index in [9.17, 15) is 18.0 Å². The summed E-state index contributed by atoms with van der Waals surface area (Å²) >= 11 is 0. The van der Waals surface area contributed by atoms with E-state index >= 15 is 0 Å². The molecule has 0 aromatic heterocycles. The summed E-state index contributed by atoms with van der Waals surface area (Å²) in [6, 6.07) is 3.52. The van der Waals surface area contributed by atoms with Crippen molar-refractivity contribution in [1.29, 1.82) is 0 Å². The van der Waals surface area contributed by atoms with Crippen LogP contribution in [0.25, 0.3) is 6.08 Å². The molecule has 0 saturated carbocycles. The molecule has 0 heterocycles. The summed E-state index contributed by atoms with van der Waals surface area (Å²) < 4.78 is 40.3. The van der Waals surface area contributed by atoms with Crippen LogP contribution in [-0.2, 0) is 0 Å². The Balaban J connectivity index is 3.08. The Hall–Kier alpha value is -1.98. The summed E-state index contributed by atoms with van der Waals surface area (Å²) in [7, 11) is 0. The van der Waals surface area contributed by atoms with E-state index in [2.05, 4.69) is 16.6 Å². The van der Waals surface area contributed by atoms with Crippen LogP contribution in [0, 0.1) is 0 Å². The lowest BCUT2D eigenvalue weighted by Crippen LogP contribution is -2.30. The van der Waals surface area contributed by atoms with Crippen LogP contribution in [0.2, 0.25) is 0 Å². The number of benzene rings is 1. The fourth-order valence-corrected chi connectivity index (χ4v) is 1.41. The van der Waals surface area contributed by atoms with Crippen LogP contribution in [0.5, 0.6) is 5.75 Å². The molecule has 0 radical (unpaired) electrons. The largest absolute Gasteiger partial charge is 0.573 e. The maximum atomic E-state index is 12.2. The molecule has 3 nitrogen and oxygen atoms in total. The quantitative estimate of drug-likeness (QED) is 0.913. The summed E-state index contributed by atoms with van der Waals surface area (Å²) in [5.41, 5.74) is 0.459. The minimum absolute atomic E-state index is 0.0883. The van der Waals surface area contributed by atoms with Crippen LogP contribution in [0.3, 0.4) is 0 Å². The van der Waals surface area contributed by atoms with Gasteiger partial charge < -0.3 is 10.1 Å². The van der Waals surface area contributed by atoms with E-state index in [1.165, 1.54) is 12.1 Å². The molecule has 0 unspecified atom stereocenters. The topological polar surface area (TPSA) is 38.3 Å². The maximum Gasteiger partial charge on any atom is 0.573 e. The van der Waals surface area contributed by atoms with Crippen molar-refractivity contribution in [3.63, 3.8) is 0 Å². The number of carbonyl (C=O) groups is 1. The second kappa shape index (κ2) is 5.77. The van der Waals surface area contributed by atoms with Crippen molar-refractivity contribution in [2.75, 3.05) is 0 Å². The Kier molecular flexibility index (Phi) is 4.58. The highest BCUT2D eigenvalue weighted by Gasteiger charge is 2.31. The van der Waals surface area contributed by atoms with Gasteiger partial charge in [0.1, 0.15) is 5.75 Å². The van der Waals surface area contributed by atoms with Crippen LogP contribution in [0.4, 0.5) is 13.2 Å². The lowest BCUT2D eigenvalue weighted by atomic mass is 10.1. The van der Waals surface area contributed by atoms with E-state index in [0.717, 1.165) is 12.1 Å². The van der Waals surface area contributed by atoms with E-state index in [0.29, 0.717) is 5.56 Å². The molecule has 0 bridgehead atoms. The van der Waals surface area contributed by atoms with Crippen LogP contribution in [0.15, 0.2) is 24.8 Å². The van der Waals surface area contributed by atoms with Gasteiger partial charge in [0, 0.05) is 11.6 Å². The summed E-state index contributed by atoms with van der Waals surface area (Å²) in [5, 5.41) is 2.59. The number of hydrogen-bond acceptors (Lipinski definition) is 2. The highest BCUT2D eigenvalue weighted by atomic mass is 19.4. The van der Waals surface area contributed by atoms with Crippen molar-refractivity contribution < 1.29 is 22.7 Å². The molecule has 0 atom stereocenters. The molecule has 0 fully saturated rings. The van der Waals surface area contributed by atoms with Gasteiger partial charge in [-0.2, -0.15) is 0 Å². The molecule has 1 N–H and O–H groups in total. The summed E-state index contributed by atoms with van der Waals surface area (Å²) in [6.07, 6.45) is -3.46. The second-order valence-electron chi connectivity index (χ2n) is 4.17. The zero-order valence-electron chi connectivity index (χ0n) is 10.5. The van der Waals surface area contributed by atoms with Gasteiger partial charge in [-0.05, 0) is 37.6 Å². The van der Waals surface area contributed by atoms with Gasteiger partial charge in [0.15, 0.2) is 0 Å². The molecule has 0 aliphatic carbocycles. The molecule has 0 aliphatic rings. The van der Waals surface area contributed by atoms with E-state index in [1.54, 1.807) is 13.8 Å². The normalized spacial score (nSPS) is 11.3. The number of carbonyl (C=O) groups excluding carboxylic acids is 1. The highest BCUT2D eigenvalue weighted by Crippen LogP contribution is 2.25. The smallest absolute Gasteiger partial charge is 0.406 e. The first-order valence-corrected chi connectivity index (χ1v) is 5.55. The molecular formula is C13H14F3NO2. The highest BCUT2D eigenvalue weighted by molar-refractivity contribution is 5.95. The van der Waals surface area contributed by atoms with Gasteiger partial charge in [-0.15, -0.1) is 13.2 Å². The molecule has 1 aromatic rings. The molecule has 0 saturated heterocycles. The average molecular weight is 273 g/mol. The van der Waals surface area contributed by atoms with Gasteiger partial charge >= 0.3 is 6.36 Å². The maximum absolute atomic E-state index is 12.2. The fraction of sp³-hybridized carbons (Fsp3) is 0.308. The Morgan fingerprint density at radius 2 is 2.00 bits per heavy atom. The average Bonchev–Trinajstić information content (AvgIpc) is 2.25. The van der Waals surface area contributed by atoms with Crippen molar-refractivity contribution in [3.8, 4) is 5.75 Å². The molecule has 6 heteroatoms. The number of alkyl halides is 3. The third kappa shape index (κ3) is 5.03. The van der Waals surface area contributed by atoms with E-state index in [-0.39, 0.29) is 11.6 Å². The van der Waals surface area contributed by atoms with Gasteiger partial charge in [0.05, 0.1) is 0 Å². The predicted octanol–water partition coefficient (Wildman–Crippen LogP) is 3.37. The molecular weight excluding hydrogens is 259 g/mol. The number of nitrogens with one attached hydrogen (secondary N) is 1. The lowest BCUT2D eigenvalue weighted by Gasteiger charge is -2.13. The summed E-state index contributed by atoms with van der Waals surface area (Å²) in [6.45, 7) is 6.97. The molecule has 0 spiro atoms. The Labute approximate surface area is 109 Å². The van der Waals surface area contributed by atoms with E-state index < -0.39 is 18.0 Å². The first-order valence-electron chi connectivity index (χ1n) is 5.55. The number of ether oxygens (including phenoxy) is 1. The zero-order chi connectivity index (χ0) is 14.6. The number of amides is 1. The summed E-state index contributed by atoms with van der Waals surface area (Å²) in [4.78, 5) is 11.8. The van der Waals surface area contributed by atoms with Crippen LogP contribution >= 0.6 is 0 Å². The molecule has 1 rings (SSSR count). The van der Waals surface area contributed by atoms with Crippen LogP contribution in [-0.4, -0.2) is 18.3 Å². The van der Waals surface area contributed by atoms with Crippen LogP contribution < -0.4 is 10.1 Å². The third-order valence-corrected chi connectivity index (χ3v) is 2.08. The molecule has 1 aromatic carbocycles. The first-order chi connectivity index (χ1) is 8.71. The zero-order valence-corrected chi connectivity index (χ0v) is 10.5. The van der Waals surface area contributed by atoms with Gasteiger partial charge in [-0.25, -0.2) is 0 Å². The Bertz CT molecular complexity index is 481. The molecule has 19 heavy (non-hydrogen) atoms. The van der Waals surface area contributed by atoms with Gasteiger partial charge in [-0.1, -0.05) is 12.7 Å². The van der Waals surface area contributed by atoms with Crippen molar-refractivity contribution in [1.82, 2.24) is 5.32 Å². The monoisotopic (exact) mass is 273 g/mol. The van der Waals surface area contributed by atoms with Crippen molar-refractivity contribution in [3.05, 3.63) is 35.9 Å². The summed E-state index contributed by atoms with van der Waals surface area (Å²) in [5.74, 6) is -0.912. The fourth-order valence-electron chi connectivity index (χ4n) is 1.41. The first kappa shape index (κ1) is 15.1. The molecule has 0 aliphatic heterocycles. The minimum atomic E-state index is -4.80. The standard InChI is InChI=1S/C13H14F3NO2/c1-4-9-5-10(12(18)17-8(2)3)7-11(6-9)19-13(14,15)16/h4-8H,1H2,2-3H3,(H,17,18). The number of halogens is 3. The van der Waals surface area contributed by atoms with E-state index in [1.807, 2.05) is 0 Å². The van der Waals surface area contributed by atoms with Gasteiger partial charge in [0.2, 0.25) is 0 Å². The van der Waals surface area contributed by atoms with Crippen molar-refractivity contribution in [2.24, 2.45) is 0 Å². The Morgan fingerprint density at radius 1 is 1.37 bits per heavy atom. The van der Waals surface area contributed by atoms with Gasteiger partial charge in [0.25, 0.3) is 5.91 Å².